The van der Waals surface area contributed by atoms with Gasteiger partial charge in [0, 0.05) is 12.1 Å². The molecule has 0 atom stereocenters. The number of rotatable bonds is 2. The molecule has 0 spiro atoms. The average Bonchev–Trinajstić information content (AvgIpc) is 2.46. The quantitative estimate of drug-likeness (QED) is 0.518. The van der Waals surface area contributed by atoms with E-state index in [-0.39, 0.29) is 0 Å². The first-order chi connectivity index (χ1) is 9.26. The summed E-state index contributed by atoms with van der Waals surface area (Å²) < 4.78 is 7.74. The third-order valence-corrected chi connectivity index (χ3v) is 3.61. The molecule has 0 bridgehead atoms. The van der Waals surface area contributed by atoms with Crippen molar-refractivity contribution in [1.82, 2.24) is 4.98 Å². The molecule has 0 aliphatic rings. The predicted octanol–water partition coefficient (Wildman–Crippen LogP) is 2.78. The van der Waals surface area contributed by atoms with Crippen LogP contribution in [0.15, 0.2) is 36.4 Å². The lowest BCUT2D eigenvalue weighted by Crippen LogP contribution is -2.30. The molecule has 2 aromatic carbocycles. The molecule has 3 rings (SSSR count). The molecule has 96 valence electrons. The molecule has 3 aromatic rings. The maximum Gasteiger partial charge on any atom is 0.235 e. The maximum atomic E-state index is 5.58. The summed E-state index contributed by atoms with van der Waals surface area (Å²) in [5, 5.41) is 0. The Bertz CT molecular complexity index is 765. The van der Waals surface area contributed by atoms with E-state index >= 15 is 0 Å². The largest absolute Gasteiger partial charge is 0.494 e. The third kappa shape index (κ3) is 1.73. The van der Waals surface area contributed by atoms with Gasteiger partial charge in [-0.3, -0.25) is 0 Å². The van der Waals surface area contributed by atoms with E-state index in [1.165, 1.54) is 5.56 Å². The average molecular weight is 253 g/mol. The molecule has 0 amide bonds. The number of aromatic nitrogens is 2. The number of nitrogens with zero attached hydrogens (tertiary/aromatic N) is 2. The van der Waals surface area contributed by atoms with E-state index in [9.17, 15) is 0 Å². The van der Waals surface area contributed by atoms with E-state index < -0.39 is 0 Å². The Kier molecular flexibility index (Phi) is 2.82. The lowest BCUT2D eigenvalue weighted by Gasteiger charge is -2.09. The van der Waals surface area contributed by atoms with Crippen molar-refractivity contribution in [3.63, 3.8) is 0 Å². The Labute approximate surface area is 112 Å². The molecule has 0 aliphatic carbocycles. The summed E-state index contributed by atoms with van der Waals surface area (Å²) in [6, 6.07) is 12.4. The molecule has 1 heterocycles. The molecule has 0 saturated heterocycles. The van der Waals surface area contributed by atoms with Gasteiger partial charge in [-0.25, -0.2) is 4.98 Å². The van der Waals surface area contributed by atoms with E-state index in [2.05, 4.69) is 36.7 Å². The summed E-state index contributed by atoms with van der Waals surface area (Å²) in [4.78, 5) is 4.77. The smallest absolute Gasteiger partial charge is 0.235 e. The van der Waals surface area contributed by atoms with Crippen molar-refractivity contribution in [3.05, 3.63) is 42.0 Å². The van der Waals surface area contributed by atoms with Crippen molar-refractivity contribution >= 4 is 22.1 Å². The predicted molar refractivity (Wildman–Crippen MR) is 76.4 cm³/mol. The highest BCUT2D eigenvalue weighted by Gasteiger charge is 2.17. The van der Waals surface area contributed by atoms with Crippen LogP contribution in [-0.2, 0) is 13.5 Å². The van der Waals surface area contributed by atoms with Crippen LogP contribution in [0.1, 0.15) is 12.5 Å². The first kappa shape index (κ1) is 11.9. The molecule has 3 nitrogen and oxygen atoms in total. The first-order valence-electron chi connectivity index (χ1n) is 6.50. The Morgan fingerprint density at radius 3 is 2.63 bits per heavy atom. The first-order valence-corrected chi connectivity index (χ1v) is 6.50. The molecule has 0 N–H and O–H groups in total. The van der Waals surface area contributed by atoms with Gasteiger partial charge >= 0.3 is 0 Å². The van der Waals surface area contributed by atoms with Gasteiger partial charge in [0.25, 0.3) is 0 Å². The lowest BCUT2D eigenvalue weighted by molar-refractivity contribution is -0.618. The molecule has 0 aliphatic heterocycles. The highest BCUT2D eigenvalue weighted by Crippen LogP contribution is 2.28. The fourth-order valence-electron chi connectivity index (χ4n) is 2.58. The highest BCUT2D eigenvalue weighted by atomic mass is 16.5. The second kappa shape index (κ2) is 4.50. The van der Waals surface area contributed by atoms with Crippen molar-refractivity contribution in [2.45, 2.75) is 13.3 Å². The monoisotopic (exact) mass is 253 g/mol. The van der Waals surface area contributed by atoms with Crippen molar-refractivity contribution in [2.75, 3.05) is 7.11 Å². The van der Waals surface area contributed by atoms with Gasteiger partial charge in [0.05, 0.1) is 7.11 Å². The molecular formula is C16H17N2O+. The van der Waals surface area contributed by atoms with Crippen molar-refractivity contribution < 1.29 is 9.30 Å². The molecule has 0 unspecified atom stereocenters. The van der Waals surface area contributed by atoms with E-state index in [1.807, 2.05) is 18.2 Å². The van der Waals surface area contributed by atoms with Crippen molar-refractivity contribution in [3.8, 4) is 5.75 Å². The summed E-state index contributed by atoms with van der Waals surface area (Å²) in [5.41, 5.74) is 5.33. The summed E-state index contributed by atoms with van der Waals surface area (Å²) in [6.07, 6.45) is 0.942. The zero-order chi connectivity index (χ0) is 13.4. The molecule has 0 radical (unpaired) electrons. The van der Waals surface area contributed by atoms with E-state index in [1.54, 1.807) is 7.11 Å². The van der Waals surface area contributed by atoms with Crippen LogP contribution in [0.2, 0.25) is 0 Å². The molecule has 1 aromatic heterocycles. The summed E-state index contributed by atoms with van der Waals surface area (Å²) >= 11 is 0. The Hall–Kier alpha value is -2.16. The van der Waals surface area contributed by atoms with E-state index in [4.69, 9.17) is 9.72 Å². The molecule has 19 heavy (non-hydrogen) atoms. The molecule has 0 saturated carbocycles. The van der Waals surface area contributed by atoms with Crippen LogP contribution in [0.4, 0.5) is 0 Å². The second-order valence-corrected chi connectivity index (χ2v) is 4.64. The lowest BCUT2D eigenvalue weighted by atomic mass is 10.1. The number of fused-ring (bicyclic) bond motifs is 2. The fraction of sp³-hybridized carbons (Fsp3) is 0.250. The molecule has 3 heteroatoms. The topological polar surface area (TPSA) is 26.0 Å². The summed E-state index contributed by atoms with van der Waals surface area (Å²) in [5.74, 6) is 0.890. The van der Waals surface area contributed by atoms with Crippen LogP contribution in [0, 0.1) is 0 Å². The fourth-order valence-corrected chi connectivity index (χ4v) is 2.58. The molecule has 0 fully saturated rings. The van der Waals surface area contributed by atoms with Crippen molar-refractivity contribution in [2.24, 2.45) is 7.05 Å². The van der Waals surface area contributed by atoms with Gasteiger partial charge in [0.15, 0.2) is 11.3 Å². The van der Waals surface area contributed by atoms with Gasteiger partial charge in [-0.1, -0.05) is 19.1 Å². The summed E-state index contributed by atoms with van der Waals surface area (Å²) in [6.45, 7) is 2.13. The zero-order valence-electron chi connectivity index (χ0n) is 11.5. The summed E-state index contributed by atoms with van der Waals surface area (Å²) in [7, 11) is 3.78. The van der Waals surface area contributed by atoms with E-state index in [0.717, 1.165) is 34.2 Å². The number of aryl methyl sites for hydroxylation is 2. The second-order valence-electron chi connectivity index (χ2n) is 4.64. The van der Waals surface area contributed by atoms with Crippen LogP contribution in [0.25, 0.3) is 22.1 Å². The normalized spacial score (nSPS) is 11.1. The third-order valence-electron chi connectivity index (χ3n) is 3.61. The SMILES string of the molecule is CCc1ccc2c(nc3ccccc3[n+]2C)c1OC. The van der Waals surface area contributed by atoms with Gasteiger partial charge in [-0.15, -0.1) is 0 Å². The Morgan fingerprint density at radius 2 is 1.89 bits per heavy atom. The number of hydrogen-bond donors (Lipinski definition) is 0. The van der Waals surface area contributed by atoms with Crippen molar-refractivity contribution in [1.29, 1.82) is 0 Å². The number of ether oxygens (including phenoxy) is 1. The van der Waals surface area contributed by atoms with Gasteiger partial charge in [0.1, 0.15) is 12.6 Å². The van der Waals surface area contributed by atoms with Crippen LogP contribution in [0.5, 0.6) is 5.75 Å². The van der Waals surface area contributed by atoms with Gasteiger partial charge < -0.3 is 4.74 Å². The minimum atomic E-state index is 0.890. The zero-order valence-corrected chi connectivity index (χ0v) is 11.5. The van der Waals surface area contributed by atoms with Gasteiger partial charge in [0.2, 0.25) is 11.0 Å². The minimum Gasteiger partial charge on any atom is -0.494 e. The molecular weight excluding hydrogens is 236 g/mol. The Morgan fingerprint density at radius 1 is 1.11 bits per heavy atom. The number of methoxy groups -OCH3 is 1. The van der Waals surface area contributed by atoms with E-state index in [0.29, 0.717) is 0 Å². The van der Waals surface area contributed by atoms with Gasteiger partial charge in [-0.2, -0.15) is 4.57 Å². The van der Waals surface area contributed by atoms with Gasteiger partial charge in [-0.05, 0) is 24.1 Å². The standard InChI is InChI=1S/C16H17N2O/c1-4-11-9-10-14-15(16(11)19-3)17-12-7-5-6-8-13(12)18(14)2/h5-10H,4H2,1-3H3/q+1. The number of benzene rings is 2. The maximum absolute atomic E-state index is 5.58. The number of para-hydroxylation sites is 2. The minimum absolute atomic E-state index is 0.890. The number of hydrogen-bond acceptors (Lipinski definition) is 2. The van der Waals surface area contributed by atoms with Crippen LogP contribution < -0.4 is 9.30 Å². The Balaban J connectivity index is 2.50. The van der Waals surface area contributed by atoms with Crippen LogP contribution >= 0.6 is 0 Å². The van der Waals surface area contributed by atoms with Crippen LogP contribution in [-0.4, -0.2) is 12.1 Å². The van der Waals surface area contributed by atoms with Crippen LogP contribution in [0.3, 0.4) is 0 Å². The highest BCUT2D eigenvalue weighted by molar-refractivity contribution is 5.86.